The van der Waals surface area contributed by atoms with Crippen LogP contribution < -0.4 is 5.11 Å². The molecule has 0 atom stereocenters. The van der Waals surface area contributed by atoms with E-state index >= 15 is 0 Å². The van der Waals surface area contributed by atoms with Crippen LogP contribution in [0.5, 0.6) is 0 Å². The second-order valence-corrected chi connectivity index (χ2v) is 5.94. The highest BCUT2D eigenvalue weighted by atomic mass is 16.4. The van der Waals surface area contributed by atoms with Crippen molar-refractivity contribution in [2.45, 2.75) is 44.7 Å². The van der Waals surface area contributed by atoms with Crippen LogP contribution in [-0.2, 0) is 9.59 Å². The van der Waals surface area contributed by atoms with Crippen LogP contribution >= 0.6 is 0 Å². The summed E-state index contributed by atoms with van der Waals surface area (Å²) in [6, 6.07) is 0. The van der Waals surface area contributed by atoms with Crippen molar-refractivity contribution in [2.24, 2.45) is 0 Å². The minimum atomic E-state index is -1.06. The number of hydrogen-bond donors (Lipinski definition) is 0. The number of carboxylic acids is 1. The molecule has 0 aromatic carbocycles. The van der Waals surface area contributed by atoms with Crippen molar-refractivity contribution in [3.05, 3.63) is 12.2 Å². The lowest BCUT2D eigenvalue weighted by atomic mass is 9.88. The second kappa shape index (κ2) is 3.67. The van der Waals surface area contributed by atoms with Gasteiger partial charge in [0.15, 0.2) is 5.54 Å². The summed E-state index contributed by atoms with van der Waals surface area (Å²) in [4.78, 5) is 23.5. The highest BCUT2D eigenvalue weighted by Gasteiger charge is 2.64. The van der Waals surface area contributed by atoms with Crippen LogP contribution in [0, 0.1) is 0 Å². The van der Waals surface area contributed by atoms with Crippen molar-refractivity contribution in [3.8, 4) is 0 Å². The molecule has 1 aliphatic rings. The molecule has 0 N–H and O–H groups in total. The van der Waals surface area contributed by atoms with Gasteiger partial charge in [-0.1, -0.05) is 6.58 Å². The van der Waals surface area contributed by atoms with E-state index < -0.39 is 17.0 Å². The number of Topliss-reactive ketones (excluding diaryl/α,β-unsaturated/α-hetero) is 1. The number of likely N-dealkylation sites (N-methyl/N-ethyl adjacent to an activating group) is 1. The molecule has 1 saturated carbocycles. The lowest BCUT2D eigenvalue weighted by Gasteiger charge is -2.49. The molecule has 1 aliphatic carbocycles. The van der Waals surface area contributed by atoms with E-state index in [9.17, 15) is 14.7 Å². The van der Waals surface area contributed by atoms with E-state index in [0.29, 0.717) is 18.4 Å². The van der Waals surface area contributed by atoms with Crippen molar-refractivity contribution in [1.82, 2.24) is 0 Å². The summed E-state index contributed by atoms with van der Waals surface area (Å²) in [6.07, 6.45) is 1.13. The molecule has 0 bridgehead atoms. The fourth-order valence-corrected chi connectivity index (χ4v) is 2.42. The molecule has 17 heavy (non-hydrogen) atoms. The summed E-state index contributed by atoms with van der Waals surface area (Å²) >= 11 is 0. The third-order valence-corrected chi connectivity index (χ3v) is 4.51. The van der Waals surface area contributed by atoms with Crippen LogP contribution in [0.2, 0.25) is 0 Å². The average molecular weight is 239 g/mol. The van der Waals surface area contributed by atoms with Crippen LogP contribution in [0.3, 0.4) is 0 Å². The summed E-state index contributed by atoms with van der Waals surface area (Å²) in [5.74, 6) is -1.17. The molecule has 0 aromatic rings. The minimum absolute atomic E-state index is 0.102. The standard InChI is InChI=1S/C13H21NO3/c1-9(2)10(15)12(3,4)14(5,6)13(7-8-13)11(16)17/h1,7-8H2,2-6H3. The van der Waals surface area contributed by atoms with Gasteiger partial charge in [0.05, 0.1) is 14.1 Å². The molecule has 0 aliphatic heterocycles. The summed E-state index contributed by atoms with van der Waals surface area (Å²) in [5.41, 5.74) is -1.29. The molecular formula is C13H21NO3. The molecule has 1 rings (SSSR count). The molecule has 1 fully saturated rings. The number of hydrogen-bond acceptors (Lipinski definition) is 3. The van der Waals surface area contributed by atoms with Crippen LogP contribution in [0.25, 0.3) is 0 Å². The first kappa shape index (κ1) is 13.9. The van der Waals surface area contributed by atoms with Gasteiger partial charge in [0.25, 0.3) is 0 Å². The summed E-state index contributed by atoms with van der Waals surface area (Å²) in [6.45, 7) is 8.86. The zero-order chi connectivity index (χ0) is 13.6. The minimum Gasteiger partial charge on any atom is -0.544 e. The van der Waals surface area contributed by atoms with Gasteiger partial charge in [-0.05, 0) is 26.3 Å². The maximum Gasteiger partial charge on any atom is 0.217 e. The second-order valence-electron chi connectivity index (χ2n) is 5.94. The molecule has 96 valence electrons. The van der Waals surface area contributed by atoms with E-state index in [0.717, 1.165) is 0 Å². The number of quaternary nitrogens is 1. The molecule has 0 saturated heterocycles. The molecule has 0 radical (unpaired) electrons. The van der Waals surface area contributed by atoms with Gasteiger partial charge in [0.1, 0.15) is 11.5 Å². The summed E-state index contributed by atoms with van der Waals surface area (Å²) in [5, 5.41) is 11.3. The van der Waals surface area contributed by atoms with E-state index in [-0.39, 0.29) is 10.3 Å². The van der Waals surface area contributed by atoms with Crippen molar-refractivity contribution in [3.63, 3.8) is 0 Å². The van der Waals surface area contributed by atoms with Gasteiger partial charge < -0.3 is 14.4 Å². The van der Waals surface area contributed by atoms with Gasteiger partial charge in [-0.2, -0.15) is 0 Å². The molecule has 0 heterocycles. The quantitative estimate of drug-likeness (QED) is 0.511. The van der Waals surface area contributed by atoms with Gasteiger partial charge in [0.2, 0.25) is 5.78 Å². The van der Waals surface area contributed by atoms with Crippen LogP contribution in [0.1, 0.15) is 33.6 Å². The maximum absolute atomic E-state index is 12.2. The zero-order valence-corrected chi connectivity index (χ0v) is 11.3. The van der Waals surface area contributed by atoms with Gasteiger partial charge in [-0.25, -0.2) is 0 Å². The highest BCUT2D eigenvalue weighted by molar-refractivity contribution is 6.00. The topological polar surface area (TPSA) is 57.2 Å². The lowest BCUT2D eigenvalue weighted by molar-refractivity contribution is -0.954. The number of ketones is 1. The molecule has 0 amide bonds. The van der Waals surface area contributed by atoms with Gasteiger partial charge in [-0.15, -0.1) is 0 Å². The van der Waals surface area contributed by atoms with E-state index in [1.54, 1.807) is 34.9 Å². The van der Waals surface area contributed by atoms with Gasteiger partial charge in [-0.3, -0.25) is 4.79 Å². The number of carbonyl (C=O) groups is 2. The molecule has 0 aromatic heterocycles. The van der Waals surface area contributed by atoms with Crippen LogP contribution in [0.4, 0.5) is 0 Å². The Bertz CT molecular complexity index is 389. The fraction of sp³-hybridized carbons (Fsp3) is 0.692. The zero-order valence-electron chi connectivity index (χ0n) is 11.3. The van der Waals surface area contributed by atoms with Crippen LogP contribution in [-0.4, -0.2) is 41.4 Å². The Morgan fingerprint density at radius 3 is 1.94 bits per heavy atom. The van der Waals surface area contributed by atoms with Gasteiger partial charge >= 0.3 is 0 Å². The highest BCUT2D eigenvalue weighted by Crippen LogP contribution is 2.49. The van der Waals surface area contributed by atoms with E-state index in [4.69, 9.17) is 0 Å². The number of aliphatic carboxylic acids is 1. The van der Waals surface area contributed by atoms with E-state index in [1.165, 1.54) is 0 Å². The average Bonchev–Trinajstić information content (AvgIpc) is 2.96. The SMILES string of the molecule is C=C(C)C(=O)C(C)(C)[N+](C)(C)C1(C(=O)[O-])CC1. The Hall–Kier alpha value is -1.16. The summed E-state index contributed by atoms with van der Waals surface area (Å²) in [7, 11) is 3.56. The molecule has 4 nitrogen and oxygen atoms in total. The normalized spacial score (nSPS) is 18.6. The third-order valence-electron chi connectivity index (χ3n) is 4.51. The lowest BCUT2D eigenvalue weighted by Crippen LogP contribution is -2.70. The fourth-order valence-electron chi connectivity index (χ4n) is 2.42. The van der Waals surface area contributed by atoms with Crippen molar-refractivity contribution >= 4 is 11.8 Å². The summed E-state index contributed by atoms with van der Waals surface area (Å²) < 4.78 is 0.105. The van der Waals surface area contributed by atoms with Crippen molar-refractivity contribution in [2.75, 3.05) is 14.1 Å². The number of rotatable bonds is 5. The van der Waals surface area contributed by atoms with Gasteiger partial charge in [0, 0.05) is 12.8 Å². The van der Waals surface area contributed by atoms with Crippen LogP contribution in [0.15, 0.2) is 12.2 Å². The Morgan fingerprint density at radius 2 is 1.71 bits per heavy atom. The van der Waals surface area contributed by atoms with Crippen molar-refractivity contribution < 1.29 is 19.2 Å². The molecule has 4 heteroatoms. The van der Waals surface area contributed by atoms with E-state index in [2.05, 4.69) is 6.58 Å². The maximum atomic E-state index is 12.2. The first-order chi connectivity index (χ1) is 7.50. The monoisotopic (exact) mass is 239 g/mol. The van der Waals surface area contributed by atoms with E-state index in [1.807, 2.05) is 0 Å². The number of carbonyl (C=O) groups excluding carboxylic acids is 2. The van der Waals surface area contributed by atoms with Crippen molar-refractivity contribution in [1.29, 1.82) is 0 Å². The number of nitrogens with zero attached hydrogens (tertiary/aromatic N) is 1. The number of carboxylic acid groups (broad SMARTS) is 1. The molecule has 0 unspecified atom stereocenters. The first-order valence-electron chi connectivity index (χ1n) is 5.76. The Kier molecular flexibility index (Phi) is 3.00. The molecular weight excluding hydrogens is 218 g/mol. The Balaban J connectivity index is 3.18. The predicted molar refractivity (Wildman–Crippen MR) is 63.0 cm³/mol. The Morgan fingerprint density at radius 1 is 1.29 bits per heavy atom. The third kappa shape index (κ3) is 1.71. The largest absolute Gasteiger partial charge is 0.544 e. The first-order valence-corrected chi connectivity index (χ1v) is 5.76. The Labute approximate surface area is 103 Å². The predicted octanol–water partition coefficient (Wildman–Crippen LogP) is 0.269. The smallest absolute Gasteiger partial charge is 0.217 e. The molecule has 0 spiro atoms.